The maximum absolute atomic E-state index is 12.6. The van der Waals surface area contributed by atoms with Crippen molar-refractivity contribution < 1.29 is 19.1 Å². The van der Waals surface area contributed by atoms with Crippen molar-refractivity contribution in [3.05, 3.63) is 29.8 Å². The summed E-state index contributed by atoms with van der Waals surface area (Å²) in [5.41, 5.74) is 0.634. The summed E-state index contributed by atoms with van der Waals surface area (Å²) in [6, 6.07) is 6.38. The van der Waals surface area contributed by atoms with Gasteiger partial charge in [-0.2, -0.15) is 0 Å². The van der Waals surface area contributed by atoms with Crippen LogP contribution < -0.4 is 5.32 Å². The number of nitrogens with one attached hydrogen (secondary N) is 1. The molecule has 3 amide bonds. The van der Waals surface area contributed by atoms with E-state index in [9.17, 15) is 14.4 Å². The number of carbonyl (C=O) groups excluding carboxylic acids is 3. The fourth-order valence-electron chi connectivity index (χ4n) is 3.80. The van der Waals surface area contributed by atoms with Crippen LogP contribution in [0.2, 0.25) is 0 Å². The summed E-state index contributed by atoms with van der Waals surface area (Å²) in [5, 5.41) is 2.84. The molecule has 0 aromatic heterocycles. The monoisotopic (exact) mass is 359 g/mol. The second-order valence-corrected chi connectivity index (χ2v) is 7.01. The van der Waals surface area contributed by atoms with Gasteiger partial charge >= 0.3 is 12.0 Å². The van der Waals surface area contributed by atoms with Crippen LogP contribution in [0.1, 0.15) is 36.5 Å². The molecule has 1 aromatic rings. The van der Waals surface area contributed by atoms with Crippen molar-refractivity contribution in [1.29, 1.82) is 0 Å². The molecule has 1 unspecified atom stereocenters. The molecule has 2 aliphatic rings. The first-order chi connectivity index (χ1) is 12.4. The van der Waals surface area contributed by atoms with Gasteiger partial charge in [0.1, 0.15) is 0 Å². The third-order valence-corrected chi connectivity index (χ3v) is 5.24. The zero-order chi connectivity index (χ0) is 18.7. The molecule has 26 heavy (non-hydrogen) atoms. The average molecular weight is 359 g/mol. The number of hydrogen-bond donors (Lipinski definition) is 1. The Bertz CT molecular complexity index is 703. The lowest BCUT2D eigenvalue weighted by atomic mass is 9.78. The number of carbonyl (C=O) groups is 3. The van der Waals surface area contributed by atoms with Crippen LogP contribution in [0.3, 0.4) is 0 Å². The number of hydrogen-bond acceptors (Lipinski definition) is 4. The Morgan fingerprint density at radius 3 is 2.62 bits per heavy atom. The van der Waals surface area contributed by atoms with Gasteiger partial charge in [0.15, 0.2) is 0 Å². The summed E-state index contributed by atoms with van der Waals surface area (Å²) in [6.07, 6.45) is 2.53. The van der Waals surface area contributed by atoms with Gasteiger partial charge in [-0.05, 0) is 50.5 Å². The molecule has 2 heterocycles. The molecule has 7 nitrogen and oxygen atoms in total. The van der Waals surface area contributed by atoms with Gasteiger partial charge < -0.3 is 19.9 Å². The van der Waals surface area contributed by atoms with Crippen molar-refractivity contribution in [1.82, 2.24) is 9.80 Å². The number of esters is 1. The molecule has 140 valence electrons. The van der Waals surface area contributed by atoms with E-state index in [2.05, 4.69) is 5.32 Å². The molecule has 2 fully saturated rings. The van der Waals surface area contributed by atoms with Crippen molar-refractivity contribution in [2.45, 2.75) is 26.2 Å². The van der Waals surface area contributed by atoms with E-state index < -0.39 is 5.41 Å². The number of ether oxygens (including phenoxy) is 1. The Hall–Kier alpha value is -2.57. The lowest BCUT2D eigenvalue weighted by Gasteiger charge is -2.37. The van der Waals surface area contributed by atoms with Crippen LogP contribution in [-0.4, -0.2) is 61.0 Å². The number of rotatable bonds is 3. The topological polar surface area (TPSA) is 79.0 Å². The Kier molecular flexibility index (Phi) is 5.15. The minimum Gasteiger partial charge on any atom is -0.462 e. The first kappa shape index (κ1) is 18.2. The number of anilines is 1. The maximum Gasteiger partial charge on any atom is 0.338 e. The minimum atomic E-state index is -0.419. The van der Waals surface area contributed by atoms with Crippen molar-refractivity contribution in [3.63, 3.8) is 0 Å². The number of nitrogens with zero attached hydrogens (tertiary/aromatic N) is 2. The maximum atomic E-state index is 12.6. The third kappa shape index (κ3) is 3.52. The van der Waals surface area contributed by atoms with Gasteiger partial charge in [0, 0.05) is 32.4 Å². The summed E-state index contributed by atoms with van der Waals surface area (Å²) < 4.78 is 4.94. The smallest absolute Gasteiger partial charge is 0.338 e. The molecule has 1 spiro atoms. The number of benzene rings is 1. The molecule has 2 aliphatic heterocycles. The van der Waals surface area contributed by atoms with Crippen LogP contribution in [0.25, 0.3) is 0 Å². The fraction of sp³-hybridized carbons (Fsp3) is 0.526. The van der Waals surface area contributed by atoms with E-state index in [4.69, 9.17) is 4.74 Å². The number of amides is 3. The van der Waals surface area contributed by atoms with E-state index in [1.165, 1.54) is 0 Å². The average Bonchev–Trinajstić information content (AvgIpc) is 3.06. The summed E-state index contributed by atoms with van der Waals surface area (Å²) >= 11 is 0. The largest absolute Gasteiger partial charge is 0.462 e. The van der Waals surface area contributed by atoms with E-state index in [1.54, 1.807) is 41.0 Å². The molecule has 0 saturated carbocycles. The van der Waals surface area contributed by atoms with Crippen LogP contribution in [0.4, 0.5) is 10.5 Å². The summed E-state index contributed by atoms with van der Waals surface area (Å²) in [5.74, 6) is -0.232. The van der Waals surface area contributed by atoms with Gasteiger partial charge in [-0.25, -0.2) is 9.59 Å². The number of likely N-dealkylation sites (tertiary alicyclic amines) is 2. The van der Waals surface area contributed by atoms with E-state index >= 15 is 0 Å². The van der Waals surface area contributed by atoms with Crippen LogP contribution in [0.15, 0.2) is 24.3 Å². The molecular formula is C19H25N3O4. The molecule has 0 aliphatic carbocycles. The first-order valence-electron chi connectivity index (χ1n) is 9.04. The summed E-state index contributed by atoms with van der Waals surface area (Å²) in [7, 11) is 1.83. The SMILES string of the molecule is CCOC(=O)c1ccc(NC(=O)N2CCC3(CCCN(C)C3=O)C2)cc1. The molecule has 0 radical (unpaired) electrons. The van der Waals surface area contributed by atoms with E-state index in [-0.39, 0.29) is 17.9 Å². The molecular weight excluding hydrogens is 334 g/mol. The normalized spacial score (nSPS) is 22.6. The minimum absolute atomic E-state index is 0.151. The summed E-state index contributed by atoms with van der Waals surface area (Å²) in [6.45, 7) is 3.90. The Morgan fingerprint density at radius 1 is 1.19 bits per heavy atom. The highest BCUT2D eigenvalue weighted by molar-refractivity contribution is 5.93. The van der Waals surface area contributed by atoms with Gasteiger partial charge in [0.25, 0.3) is 0 Å². The second-order valence-electron chi connectivity index (χ2n) is 7.01. The lowest BCUT2D eigenvalue weighted by molar-refractivity contribution is -0.143. The van der Waals surface area contributed by atoms with Gasteiger partial charge in [-0.15, -0.1) is 0 Å². The van der Waals surface area contributed by atoms with E-state index in [0.29, 0.717) is 37.4 Å². The highest BCUT2D eigenvalue weighted by atomic mass is 16.5. The second kappa shape index (κ2) is 7.35. The third-order valence-electron chi connectivity index (χ3n) is 5.24. The predicted molar refractivity (Wildman–Crippen MR) is 96.9 cm³/mol. The van der Waals surface area contributed by atoms with Gasteiger partial charge in [0.05, 0.1) is 17.6 Å². The molecule has 1 aromatic carbocycles. The van der Waals surface area contributed by atoms with Crippen LogP contribution in [0, 0.1) is 5.41 Å². The van der Waals surface area contributed by atoms with E-state index in [0.717, 1.165) is 19.4 Å². The van der Waals surface area contributed by atoms with Crippen LogP contribution in [-0.2, 0) is 9.53 Å². The molecule has 2 saturated heterocycles. The lowest BCUT2D eigenvalue weighted by Crippen LogP contribution is -2.49. The Labute approximate surface area is 153 Å². The van der Waals surface area contributed by atoms with Crippen LogP contribution >= 0.6 is 0 Å². The van der Waals surface area contributed by atoms with Crippen LogP contribution in [0.5, 0.6) is 0 Å². The van der Waals surface area contributed by atoms with Gasteiger partial charge in [-0.3, -0.25) is 4.79 Å². The zero-order valence-electron chi connectivity index (χ0n) is 15.3. The first-order valence-corrected chi connectivity index (χ1v) is 9.04. The zero-order valence-corrected chi connectivity index (χ0v) is 15.3. The van der Waals surface area contributed by atoms with E-state index in [1.807, 2.05) is 7.05 Å². The highest BCUT2D eigenvalue weighted by Crippen LogP contribution is 2.39. The van der Waals surface area contributed by atoms with Crippen molar-refractivity contribution in [2.24, 2.45) is 5.41 Å². The van der Waals surface area contributed by atoms with Crippen molar-refractivity contribution in [3.8, 4) is 0 Å². The molecule has 3 rings (SSSR count). The Balaban J connectivity index is 1.61. The molecule has 7 heteroatoms. The number of piperidine rings is 1. The predicted octanol–water partition coefficient (Wildman–Crippen LogP) is 2.34. The number of urea groups is 1. The fourth-order valence-corrected chi connectivity index (χ4v) is 3.80. The van der Waals surface area contributed by atoms with Crippen molar-refractivity contribution in [2.75, 3.05) is 38.6 Å². The Morgan fingerprint density at radius 2 is 1.92 bits per heavy atom. The molecule has 1 N–H and O–H groups in total. The standard InChI is InChI=1S/C19H25N3O4/c1-3-26-16(23)14-5-7-15(8-6-14)20-18(25)22-12-10-19(13-22)9-4-11-21(2)17(19)24/h5-8H,3-4,9-13H2,1-2H3,(H,20,25). The van der Waals surface area contributed by atoms with Gasteiger partial charge in [-0.1, -0.05) is 0 Å². The van der Waals surface area contributed by atoms with Crippen molar-refractivity contribution >= 4 is 23.6 Å². The van der Waals surface area contributed by atoms with Gasteiger partial charge in [0.2, 0.25) is 5.91 Å². The summed E-state index contributed by atoms with van der Waals surface area (Å²) in [4.78, 5) is 40.2. The molecule has 1 atom stereocenters. The quantitative estimate of drug-likeness (QED) is 0.840. The highest BCUT2D eigenvalue weighted by Gasteiger charge is 2.48. The molecule has 0 bridgehead atoms.